The van der Waals surface area contributed by atoms with Crippen LogP contribution in [0.3, 0.4) is 0 Å². The molecule has 0 unspecified atom stereocenters. The number of halogens is 1. The third-order valence-electron chi connectivity index (χ3n) is 3.51. The smallest absolute Gasteiger partial charge is 0.314 e. The summed E-state index contributed by atoms with van der Waals surface area (Å²) in [6, 6.07) is 1.42. The Morgan fingerprint density at radius 3 is 2.65 bits per heavy atom. The number of carboxylic acid groups (broad SMARTS) is 1. The maximum absolute atomic E-state index is 13.7. The molecule has 1 aliphatic carbocycles. The van der Waals surface area contributed by atoms with E-state index in [2.05, 4.69) is 4.98 Å². The Morgan fingerprint density at radius 2 is 2.12 bits per heavy atom. The largest absolute Gasteiger partial charge is 0.481 e. The van der Waals surface area contributed by atoms with Crippen LogP contribution in [0.15, 0.2) is 18.5 Å². The van der Waals surface area contributed by atoms with Crippen molar-refractivity contribution in [3.63, 3.8) is 0 Å². The van der Waals surface area contributed by atoms with Crippen LogP contribution in [-0.4, -0.2) is 27.3 Å². The second-order valence-corrected chi connectivity index (χ2v) is 4.47. The van der Waals surface area contributed by atoms with Crippen LogP contribution in [0.4, 0.5) is 4.39 Å². The first kappa shape index (κ1) is 12.0. The summed E-state index contributed by atoms with van der Waals surface area (Å²) in [5.41, 5.74) is -1.04. The lowest BCUT2D eigenvalue weighted by Crippen LogP contribution is -2.41. The summed E-state index contributed by atoms with van der Waals surface area (Å²) < 4.78 is 13.7. The van der Waals surface area contributed by atoms with E-state index in [0.717, 1.165) is 6.20 Å². The molecule has 2 rings (SSSR count). The normalized spacial score (nSPS) is 28.9. The quantitative estimate of drug-likeness (QED) is 0.820. The Labute approximate surface area is 98.1 Å². The predicted octanol–water partition coefficient (Wildman–Crippen LogP) is 1.48. The van der Waals surface area contributed by atoms with Gasteiger partial charge in [0.25, 0.3) is 0 Å². The first-order valence-electron chi connectivity index (χ1n) is 5.58. The van der Waals surface area contributed by atoms with E-state index in [1.807, 2.05) is 0 Å². The SMILES string of the molecule is O=C(O)C1(c2ccncc2F)CCC(O)CC1. The first-order chi connectivity index (χ1) is 8.06. The number of carboxylic acids is 1. The van der Waals surface area contributed by atoms with Crippen LogP contribution in [0.1, 0.15) is 31.2 Å². The van der Waals surface area contributed by atoms with Crippen molar-refractivity contribution < 1.29 is 19.4 Å². The fourth-order valence-corrected chi connectivity index (χ4v) is 2.46. The van der Waals surface area contributed by atoms with Crippen LogP contribution in [0.25, 0.3) is 0 Å². The molecule has 0 atom stereocenters. The topological polar surface area (TPSA) is 70.4 Å². The lowest BCUT2D eigenvalue weighted by atomic mass is 9.69. The van der Waals surface area contributed by atoms with Crippen molar-refractivity contribution >= 4 is 5.97 Å². The van der Waals surface area contributed by atoms with Crippen molar-refractivity contribution in [2.45, 2.75) is 37.2 Å². The third kappa shape index (κ3) is 2.02. The molecule has 1 saturated carbocycles. The molecule has 92 valence electrons. The van der Waals surface area contributed by atoms with Gasteiger partial charge in [-0.25, -0.2) is 4.39 Å². The number of carbonyl (C=O) groups is 1. The van der Waals surface area contributed by atoms with Crippen LogP contribution in [0.5, 0.6) is 0 Å². The van der Waals surface area contributed by atoms with Crippen molar-refractivity contribution in [3.05, 3.63) is 29.8 Å². The van der Waals surface area contributed by atoms with E-state index in [-0.39, 0.29) is 18.4 Å². The summed E-state index contributed by atoms with van der Waals surface area (Å²) in [5.74, 6) is -1.62. The molecule has 0 aromatic carbocycles. The summed E-state index contributed by atoms with van der Waals surface area (Å²) in [5, 5.41) is 18.8. The molecule has 0 amide bonds. The fraction of sp³-hybridized carbons (Fsp3) is 0.500. The van der Waals surface area contributed by atoms with Crippen LogP contribution in [-0.2, 0) is 10.2 Å². The van der Waals surface area contributed by atoms with Crippen molar-refractivity contribution in [1.82, 2.24) is 4.98 Å². The van der Waals surface area contributed by atoms with E-state index >= 15 is 0 Å². The second-order valence-electron chi connectivity index (χ2n) is 4.47. The monoisotopic (exact) mass is 239 g/mol. The second kappa shape index (κ2) is 4.41. The zero-order valence-electron chi connectivity index (χ0n) is 9.27. The average Bonchev–Trinajstić information content (AvgIpc) is 2.31. The van der Waals surface area contributed by atoms with Gasteiger partial charge < -0.3 is 10.2 Å². The summed E-state index contributed by atoms with van der Waals surface area (Å²) in [4.78, 5) is 15.1. The molecule has 1 fully saturated rings. The number of aliphatic carboxylic acids is 1. The van der Waals surface area contributed by atoms with Crippen LogP contribution >= 0.6 is 0 Å². The zero-order chi connectivity index (χ0) is 12.5. The molecule has 0 bridgehead atoms. The number of nitrogens with zero attached hydrogens (tertiary/aromatic N) is 1. The molecular formula is C12H14FNO3. The van der Waals surface area contributed by atoms with Gasteiger partial charge in [0.15, 0.2) is 0 Å². The van der Waals surface area contributed by atoms with E-state index in [0.29, 0.717) is 12.8 Å². The molecule has 0 saturated heterocycles. The molecule has 1 aliphatic rings. The lowest BCUT2D eigenvalue weighted by molar-refractivity contribution is -0.146. The van der Waals surface area contributed by atoms with Gasteiger partial charge in [0.2, 0.25) is 0 Å². The minimum Gasteiger partial charge on any atom is -0.481 e. The van der Waals surface area contributed by atoms with Gasteiger partial charge in [-0.15, -0.1) is 0 Å². The van der Waals surface area contributed by atoms with Gasteiger partial charge in [0, 0.05) is 11.8 Å². The van der Waals surface area contributed by atoms with Gasteiger partial charge in [0.1, 0.15) is 5.82 Å². The van der Waals surface area contributed by atoms with Crippen LogP contribution < -0.4 is 0 Å². The van der Waals surface area contributed by atoms with Gasteiger partial charge in [0.05, 0.1) is 17.7 Å². The lowest BCUT2D eigenvalue weighted by Gasteiger charge is -2.35. The fourth-order valence-electron chi connectivity index (χ4n) is 2.46. The summed E-state index contributed by atoms with van der Waals surface area (Å²) in [6.07, 6.45) is 3.23. The van der Waals surface area contributed by atoms with Crippen molar-refractivity contribution in [1.29, 1.82) is 0 Å². The Hall–Kier alpha value is -1.49. The molecule has 2 N–H and O–H groups in total. The average molecular weight is 239 g/mol. The van der Waals surface area contributed by atoms with Gasteiger partial charge in [-0.3, -0.25) is 9.78 Å². The number of rotatable bonds is 2. The number of hydrogen-bond donors (Lipinski definition) is 2. The highest BCUT2D eigenvalue weighted by Crippen LogP contribution is 2.40. The van der Waals surface area contributed by atoms with Crippen molar-refractivity contribution in [2.24, 2.45) is 0 Å². The minimum atomic E-state index is -1.22. The number of aromatic nitrogens is 1. The first-order valence-corrected chi connectivity index (χ1v) is 5.58. The number of hydrogen-bond acceptors (Lipinski definition) is 3. The molecule has 0 radical (unpaired) electrons. The Kier molecular flexibility index (Phi) is 3.11. The van der Waals surface area contributed by atoms with Gasteiger partial charge in [-0.2, -0.15) is 0 Å². The molecule has 1 heterocycles. The summed E-state index contributed by atoms with van der Waals surface area (Å²) in [7, 11) is 0. The predicted molar refractivity (Wildman–Crippen MR) is 58.0 cm³/mol. The van der Waals surface area contributed by atoms with Crippen LogP contribution in [0, 0.1) is 5.82 Å². The minimum absolute atomic E-state index is 0.173. The highest BCUT2D eigenvalue weighted by molar-refractivity contribution is 5.81. The van der Waals surface area contributed by atoms with Crippen LogP contribution in [0.2, 0.25) is 0 Å². The molecule has 1 aromatic heterocycles. The number of aliphatic hydroxyl groups excluding tert-OH is 1. The van der Waals surface area contributed by atoms with E-state index in [4.69, 9.17) is 0 Å². The Balaban J connectivity index is 2.42. The number of aliphatic hydroxyl groups is 1. The zero-order valence-corrected chi connectivity index (χ0v) is 9.27. The molecule has 0 spiro atoms. The Bertz CT molecular complexity index is 428. The van der Waals surface area contributed by atoms with Gasteiger partial charge in [-0.05, 0) is 31.7 Å². The summed E-state index contributed by atoms with van der Waals surface area (Å²) >= 11 is 0. The van der Waals surface area contributed by atoms with E-state index in [1.165, 1.54) is 12.3 Å². The third-order valence-corrected chi connectivity index (χ3v) is 3.51. The van der Waals surface area contributed by atoms with E-state index in [9.17, 15) is 19.4 Å². The number of pyridine rings is 1. The molecule has 4 nitrogen and oxygen atoms in total. The maximum Gasteiger partial charge on any atom is 0.314 e. The molecule has 17 heavy (non-hydrogen) atoms. The van der Waals surface area contributed by atoms with E-state index < -0.39 is 23.3 Å². The highest BCUT2D eigenvalue weighted by atomic mass is 19.1. The maximum atomic E-state index is 13.7. The van der Waals surface area contributed by atoms with Crippen molar-refractivity contribution in [3.8, 4) is 0 Å². The Morgan fingerprint density at radius 1 is 1.47 bits per heavy atom. The molecule has 5 heteroatoms. The molecule has 1 aromatic rings. The summed E-state index contributed by atoms with van der Waals surface area (Å²) in [6.45, 7) is 0. The van der Waals surface area contributed by atoms with E-state index in [1.54, 1.807) is 0 Å². The molecular weight excluding hydrogens is 225 g/mol. The van der Waals surface area contributed by atoms with Crippen molar-refractivity contribution in [2.75, 3.05) is 0 Å². The van der Waals surface area contributed by atoms with Gasteiger partial charge >= 0.3 is 5.97 Å². The molecule has 0 aliphatic heterocycles. The standard InChI is InChI=1S/C12H14FNO3/c13-10-7-14-6-3-9(10)12(11(16)17)4-1-8(15)2-5-12/h3,6-8,15H,1-2,4-5H2,(H,16,17). The highest BCUT2D eigenvalue weighted by Gasteiger charge is 2.44. The van der Waals surface area contributed by atoms with Gasteiger partial charge in [-0.1, -0.05) is 0 Å².